The standard InChI is InChI=1S/C15H24N2O/c1-14(2,3)11-9-17(10-7-8-10)16-13(12(11)18)15(4,5)6/h9-10H,7-8H2,1-6H3. The molecule has 0 bridgehead atoms. The molecule has 1 aliphatic carbocycles. The third kappa shape index (κ3) is 2.50. The van der Waals surface area contributed by atoms with Gasteiger partial charge in [-0.05, 0) is 18.3 Å². The molecule has 3 nitrogen and oxygen atoms in total. The SMILES string of the molecule is CC(C)(C)c1cn(C2CC2)nc(C(C)(C)C)c1=O. The second-order valence-corrected chi connectivity index (χ2v) is 7.43. The first-order valence-electron chi connectivity index (χ1n) is 6.75. The molecule has 1 heterocycles. The van der Waals surface area contributed by atoms with Crippen LogP contribution in [-0.4, -0.2) is 9.78 Å². The molecule has 0 unspecified atom stereocenters. The molecule has 0 saturated heterocycles. The Morgan fingerprint density at radius 1 is 1.11 bits per heavy atom. The first-order chi connectivity index (χ1) is 8.10. The molecular weight excluding hydrogens is 224 g/mol. The van der Waals surface area contributed by atoms with Gasteiger partial charge in [0.1, 0.15) is 5.69 Å². The summed E-state index contributed by atoms with van der Waals surface area (Å²) in [6.07, 6.45) is 4.33. The third-order valence-electron chi connectivity index (χ3n) is 3.38. The van der Waals surface area contributed by atoms with Crippen molar-refractivity contribution >= 4 is 0 Å². The second kappa shape index (κ2) is 3.94. The van der Waals surface area contributed by atoms with Gasteiger partial charge in [0.25, 0.3) is 0 Å². The largest absolute Gasteiger partial charge is 0.287 e. The summed E-state index contributed by atoms with van der Waals surface area (Å²) in [6.45, 7) is 12.4. The van der Waals surface area contributed by atoms with Crippen molar-refractivity contribution in [3.05, 3.63) is 27.7 Å². The van der Waals surface area contributed by atoms with Gasteiger partial charge in [-0.1, -0.05) is 41.5 Å². The van der Waals surface area contributed by atoms with E-state index < -0.39 is 0 Å². The number of hydrogen-bond acceptors (Lipinski definition) is 2. The van der Waals surface area contributed by atoms with Gasteiger partial charge in [0.2, 0.25) is 5.43 Å². The average Bonchev–Trinajstić information content (AvgIpc) is 2.97. The van der Waals surface area contributed by atoms with Crippen molar-refractivity contribution in [2.45, 2.75) is 71.3 Å². The van der Waals surface area contributed by atoms with Crippen molar-refractivity contribution in [3.8, 4) is 0 Å². The molecular formula is C15H24N2O. The maximum Gasteiger partial charge on any atom is 0.207 e. The molecule has 3 heteroatoms. The lowest BCUT2D eigenvalue weighted by molar-refractivity contribution is 0.486. The Balaban J connectivity index is 2.67. The minimum absolute atomic E-state index is 0.118. The molecule has 0 aromatic carbocycles. The van der Waals surface area contributed by atoms with Gasteiger partial charge in [-0.25, -0.2) is 0 Å². The van der Waals surface area contributed by atoms with E-state index in [2.05, 4.69) is 46.6 Å². The van der Waals surface area contributed by atoms with Gasteiger partial charge in [-0.15, -0.1) is 0 Å². The van der Waals surface area contributed by atoms with Gasteiger partial charge in [-0.3, -0.25) is 9.48 Å². The van der Waals surface area contributed by atoms with Gasteiger partial charge in [0.15, 0.2) is 0 Å². The van der Waals surface area contributed by atoms with Crippen molar-refractivity contribution < 1.29 is 0 Å². The summed E-state index contributed by atoms with van der Waals surface area (Å²) in [6, 6.07) is 0.507. The molecule has 0 atom stereocenters. The zero-order chi connectivity index (χ0) is 13.7. The van der Waals surface area contributed by atoms with Gasteiger partial charge in [0.05, 0.1) is 6.04 Å². The maximum absolute atomic E-state index is 12.6. The summed E-state index contributed by atoms with van der Waals surface area (Å²) in [4.78, 5) is 12.6. The summed E-state index contributed by atoms with van der Waals surface area (Å²) in [5.41, 5.74) is 1.37. The topological polar surface area (TPSA) is 34.9 Å². The van der Waals surface area contributed by atoms with Gasteiger partial charge in [-0.2, -0.15) is 5.10 Å². The van der Waals surface area contributed by atoms with E-state index >= 15 is 0 Å². The van der Waals surface area contributed by atoms with Crippen LogP contribution < -0.4 is 5.43 Å². The molecule has 100 valence electrons. The van der Waals surface area contributed by atoms with E-state index in [1.165, 1.54) is 12.8 Å². The molecule has 2 rings (SSSR count). The average molecular weight is 248 g/mol. The lowest BCUT2D eigenvalue weighted by atomic mass is 9.84. The zero-order valence-electron chi connectivity index (χ0n) is 12.4. The Bertz CT molecular complexity index is 473. The van der Waals surface area contributed by atoms with E-state index in [9.17, 15) is 4.79 Å². The minimum atomic E-state index is -0.199. The summed E-state index contributed by atoms with van der Waals surface area (Å²) in [7, 11) is 0. The van der Waals surface area contributed by atoms with Crippen molar-refractivity contribution in [3.63, 3.8) is 0 Å². The lowest BCUT2D eigenvalue weighted by Gasteiger charge is -2.24. The Morgan fingerprint density at radius 2 is 1.67 bits per heavy atom. The van der Waals surface area contributed by atoms with Crippen molar-refractivity contribution in [2.24, 2.45) is 0 Å². The monoisotopic (exact) mass is 248 g/mol. The van der Waals surface area contributed by atoms with E-state index in [0.29, 0.717) is 11.7 Å². The molecule has 0 aliphatic heterocycles. The normalized spacial score (nSPS) is 17.0. The van der Waals surface area contributed by atoms with Crippen LogP contribution >= 0.6 is 0 Å². The van der Waals surface area contributed by atoms with Crippen LogP contribution in [0.4, 0.5) is 0 Å². The summed E-state index contributed by atoms with van der Waals surface area (Å²) in [5, 5.41) is 4.58. The quantitative estimate of drug-likeness (QED) is 0.765. The van der Waals surface area contributed by atoms with E-state index in [1.54, 1.807) is 0 Å². The summed E-state index contributed by atoms with van der Waals surface area (Å²) < 4.78 is 2.02. The molecule has 0 spiro atoms. The lowest BCUT2D eigenvalue weighted by Crippen LogP contribution is -2.34. The number of hydrogen-bond donors (Lipinski definition) is 0. The molecule has 1 fully saturated rings. The van der Waals surface area contributed by atoms with E-state index in [4.69, 9.17) is 0 Å². The second-order valence-electron chi connectivity index (χ2n) is 7.43. The van der Waals surface area contributed by atoms with Crippen LogP contribution in [0.5, 0.6) is 0 Å². The van der Waals surface area contributed by atoms with Crippen LogP contribution in [0.1, 0.15) is 71.7 Å². The van der Waals surface area contributed by atoms with Crippen LogP contribution in [0.25, 0.3) is 0 Å². The number of rotatable bonds is 1. The fourth-order valence-electron chi connectivity index (χ4n) is 2.06. The Labute approximate surface area is 109 Å². The summed E-state index contributed by atoms with van der Waals surface area (Å²) >= 11 is 0. The molecule has 1 aromatic heterocycles. The highest BCUT2D eigenvalue weighted by molar-refractivity contribution is 5.25. The molecule has 0 amide bonds. The molecule has 0 radical (unpaired) electrons. The molecule has 1 aliphatic rings. The Kier molecular flexibility index (Phi) is 2.91. The van der Waals surface area contributed by atoms with Crippen LogP contribution in [0, 0.1) is 0 Å². The first kappa shape index (κ1) is 13.3. The molecule has 18 heavy (non-hydrogen) atoms. The number of nitrogens with zero attached hydrogens (tertiary/aromatic N) is 2. The van der Waals surface area contributed by atoms with Crippen LogP contribution in [0.3, 0.4) is 0 Å². The highest BCUT2D eigenvalue weighted by atomic mass is 16.1. The Hall–Kier alpha value is -1.12. The van der Waals surface area contributed by atoms with E-state index in [0.717, 1.165) is 5.56 Å². The van der Waals surface area contributed by atoms with Gasteiger partial charge >= 0.3 is 0 Å². The smallest absolute Gasteiger partial charge is 0.207 e. The number of aromatic nitrogens is 2. The van der Waals surface area contributed by atoms with Gasteiger partial charge in [0, 0.05) is 17.2 Å². The fourth-order valence-corrected chi connectivity index (χ4v) is 2.06. The van der Waals surface area contributed by atoms with E-state index in [-0.39, 0.29) is 16.3 Å². The fraction of sp³-hybridized carbons (Fsp3) is 0.733. The van der Waals surface area contributed by atoms with Crippen LogP contribution in [0.2, 0.25) is 0 Å². The maximum atomic E-state index is 12.6. The highest BCUT2D eigenvalue weighted by Crippen LogP contribution is 2.35. The van der Waals surface area contributed by atoms with Crippen molar-refractivity contribution in [2.75, 3.05) is 0 Å². The molecule has 0 N–H and O–H groups in total. The van der Waals surface area contributed by atoms with Crippen molar-refractivity contribution in [1.82, 2.24) is 9.78 Å². The predicted molar refractivity (Wildman–Crippen MR) is 74.2 cm³/mol. The first-order valence-corrected chi connectivity index (χ1v) is 6.75. The summed E-state index contributed by atoms with van der Waals surface area (Å²) in [5.74, 6) is 0. The molecule has 1 aromatic rings. The Morgan fingerprint density at radius 3 is 2.06 bits per heavy atom. The van der Waals surface area contributed by atoms with Crippen molar-refractivity contribution in [1.29, 1.82) is 0 Å². The van der Waals surface area contributed by atoms with Gasteiger partial charge < -0.3 is 0 Å². The predicted octanol–water partition coefficient (Wildman–Crippen LogP) is 3.17. The third-order valence-corrected chi connectivity index (χ3v) is 3.38. The minimum Gasteiger partial charge on any atom is -0.287 e. The molecule has 1 saturated carbocycles. The van der Waals surface area contributed by atoms with Crippen LogP contribution in [0.15, 0.2) is 11.0 Å². The highest BCUT2D eigenvalue weighted by Gasteiger charge is 2.31. The zero-order valence-corrected chi connectivity index (χ0v) is 12.4. The van der Waals surface area contributed by atoms with Crippen LogP contribution in [-0.2, 0) is 10.8 Å². The van der Waals surface area contributed by atoms with E-state index in [1.807, 2.05) is 10.9 Å².